The summed E-state index contributed by atoms with van der Waals surface area (Å²) >= 11 is 6.18. The first-order chi connectivity index (χ1) is 10.3. The highest BCUT2D eigenvalue weighted by Crippen LogP contribution is 2.32. The van der Waals surface area contributed by atoms with Crippen molar-refractivity contribution in [1.29, 1.82) is 0 Å². The molecule has 4 nitrogen and oxygen atoms in total. The van der Waals surface area contributed by atoms with E-state index in [2.05, 4.69) is 19.2 Å². The molecule has 22 heavy (non-hydrogen) atoms. The van der Waals surface area contributed by atoms with Gasteiger partial charge < -0.3 is 19.9 Å². The Morgan fingerprint density at radius 2 is 1.91 bits per heavy atom. The van der Waals surface area contributed by atoms with Crippen molar-refractivity contribution in [3.05, 3.63) is 28.3 Å². The lowest BCUT2D eigenvalue weighted by molar-refractivity contribution is 0.0967. The summed E-state index contributed by atoms with van der Waals surface area (Å²) in [5.74, 6) is 1.10. The van der Waals surface area contributed by atoms with Gasteiger partial charge >= 0.3 is 0 Å². The zero-order valence-corrected chi connectivity index (χ0v) is 14.9. The lowest BCUT2D eigenvalue weighted by Crippen LogP contribution is -2.38. The highest BCUT2D eigenvalue weighted by atomic mass is 35.5. The van der Waals surface area contributed by atoms with E-state index in [9.17, 15) is 5.11 Å². The largest absolute Gasteiger partial charge is 0.491 e. The van der Waals surface area contributed by atoms with E-state index < -0.39 is 6.10 Å². The second-order valence-electron chi connectivity index (χ2n) is 6.02. The minimum Gasteiger partial charge on any atom is -0.491 e. The van der Waals surface area contributed by atoms with E-state index in [1.807, 2.05) is 26.0 Å². The van der Waals surface area contributed by atoms with Gasteiger partial charge in [-0.3, -0.25) is 0 Å². The number of hydrogen-bond donors (Lipinski definition) is 2. The molecule has 5 heteroatoms. The molecule has 0 aliphatic heterocycles. The first kappa shape index (κ1) is 19.2. The molecule has 0 saturated carbocycles. The van der Waals surface area contributed by atoms with Gasteiger partial charge in [0, 0.05) is 24.7 Å². The van der Waals surface area contributed by atoms with Crippen LogP contribution in [-0.4, -0.2) is 44.1 Å². The number of hydrogen-bond acceptors (Lipinski definition) is 4. The monoisotopic (exact) mass is 329 g/mol. The van der Waals surface area contributed by atoms with E-state index in [1.165, 1.54) is 0 Å². The summed E-state index contributed by atoms with van der Waals surface area (Å²) in [5, 5.41) is 14.0. The van der Waals surface area contributed by atoms with Crippen LogP contribution in [0.4, 0.5) is 0 Å². The highest BCUT2D eigenvalue weighted by Gasteiger charge is 2.13. The van der Waals surface area contributed by atoms with E-state index in [0.29, 0.717) is 19.1 Å². The zero-order chi connectivity index (χ0) is 16.7. The Bertz CT molecular complexity index is 465. The maximum absolute atomic E-state index is 10.0. The van der Waals surface area contributed by atoms with Crippen LogP contribution in [0.5, 0.6) is 5.75 Å². The van der Waals surface area contributed by atoms with Crippen molar-refractivity contribution in [3.8, 4) is 5.75 Å². The third-order valence-electron chi connectivity index (χ3n) is 3.46. The Labute approximate surface area is 138 Å². The maximum atomic E-state index is 10.0. The summed E-state index contributed by atoms with van der Waals surface area (Å²) in [4.78, 5) is 0. The average Bonchev–Trinajstić information content (AvgIpc) is 2.46. The molecule has 126 valence electrons. The highest BCUT2D eigenvalue weighted by molar-refractivity contribution is 6.31. The minimum atomic E-state index is -0.574. The van der Waals surface area contributed by atoms with Crippen LogP contribution >= 0.6 is 11.6 Å². The molecular formula is C17H28ClNO3. The van der Waals surface area contributed by atoms with Gasteiger partial charge in [0.1, 0.15) is 18.5 Å². The summed E-state index contributed by atoms with van der Waals surface area (Å²) < 4.78 is 10.9. The Morgan fingerprint density at radius 1 is 1.23 bits per heavy atom. The fourth-order valence-electron chi connectivity index (χ4n) is 2.14. The first-order valence-electron chi connectivity index (χ1n) is 7.68. The van der Waals surface area contributed by atoms with Crippen molar-refractivity contribution in [2.24, 2.45) is 0 Å². The molecule has 0 bridgehead atoms. The third-order valence-corrected chi connectivity index (χ3v) is 3.87. The smallest absolute Gasteiger partial charge is 0.123 e. The fourth-order valence-corrected chi connectivity index (χ4v) is 2.31. The predicted molar refractivity (Wildman–Crippen MR) is 91.1 cm³/mol. The van der Waals surface area contributed by atoms with Gasteiger partial charge in [-0.1, -0.05) is 25.4 Å². The first-order valence-corrected chi connectivity index (χ1v) is 8.06. The molecule has 0 aliphatic rings. The van der Waals surface area contributed by atoms with E-state index in [0.717, 1.165) is 21.9 Å². The molecule has 0 aliphatic carbocycles. The summed E-state index contributed by atoms with van der Waals surface area (Å²) in [5.41, 5.74) is 2.03. The molecule has 0 amide bonds. The van der Waals surface area contributed by atoms with E-state index in [4.69, 9.17) is 21.1 Å². The van der Waals surface area contributed by atoms with Crippen molar-refractivity contribution in [1.82, 2.24) is 5.32 Å². The van der Waals surface area contributed by atoms with Gasteiger partial charge in [-0.05, 0) is 43.0 Å². The fraction of sp³-hybridized carbons (Fsp3) is 0.647. The lowest BCUT2D eigenvalue weighted by Gasteiger charge is -2.19. The van der Waals surface area contributed by atoms with Crippen LogP contribution < -0.4 is 10.1 Å². The molecule has 0 heterocycles. The Hall–Kier alpha value is -0.810. The summed E-state index contributed by atoms with van der Waals surface area (Å²) in [7, 11) is 1.66. The molecule has 0 unspecified atom stereocenters. The van der Waals surface area contributed by atoms with Crippen LogP contribution in [0.3, 0.4) is 0 Å². The van der Waals surface area contributed by atoms with E-state index in [-0.39, 0.29) is 12.6 Å². The number of aliphatic hydroxyl groups is 1. The van der Waals surface area contributed by atoms with Gasteiger partial charge in [-0.25, -0.2) is 0 Å². The number of aryl methyl sites for hydroxylation is 1. The second kappa shape index (κ2) is 9.36. The van der Waals surface area contributed by atoms with Crippen LogP contribution in [0.2, 0.25) is 5.02 Å². The van der Waals surface area contributed by atoms with Crippen molar-refractivity contribution in [2.45, 2.75) is 45.8 Å². The van der Waals surface area contributed by atoms with Gasteiger partial charge in [0.25, 0.3) is 0 Å². The number of rotatable bonds is 9. The molecule has 0 spiro atoms. The van der Waals surface area contributed by atoms with E-state index >= 15 is 0 Å². The molecule has 2 N–H and O–H groups in total. The number of benzene rings is 1. The van der Waals surface area contributed by atoms with Crippen LogP contribution in [-0.2, 0) is 4.74 Å². The molecule has 0 fully saturated rings. The topological polar surface area (TPSA) is 50.7 Å². The molecule has 0 saturated heterocycles. The zero-order valence-electron chi connectivity index (χ0n) is 14.1. The van der Waals surface area contributed by atoms with Gasteiger partial charge in [0.15, 0.2) is 0 Å². The quantitative estimate of drug-likeness (QED) is 0.731. The lowest BCUT2D eigenvalue weighted by atomic mass is 10.0. The maximum Gasteiger partial charge on any atom is 0.123 e. The van der Waals surface area contributed by atoms with Gasteiger partial charge in [0.05, 0.1) is 6.61 Å². The van der Waals surface area contributed by atoms with Crippen molar-refractivity contribution >= 4 is 11.6 Å². The van der Waals surface area contributed by atoms with Crippen molar-refractivity contribution in [2.75, 3.05) is 26.9 Å². The van der Waals surface area contributed by atoms with Gasteiger partial charge in [-0.15, -0.1) is 0 Å². The third kappa shape index (κ3) is 6.13. The summed E-state index contributed by atoms with van der Waals surface area (Å²) in [6.07, 6.45) is -0.574. The van der Waals surface area contributed by atoms with Crippen molar-refractivity contribution in [3.63, 3.8) is 0 Å². The Kier molecular flexibility index (Phi) is 8.18. The molecule has 1 rings (SSSR count). The summed E-state index contributed by atoms with van der Waals surface area (Å²) in [6, 6.07) is 4.08. The van der Waals surface area contributed by atoms with Crippen molar-refractivity contribution < 1.29 is 14.6 Å². The molecular weight excluding hydrogens is 302 g/mol. The Morgan fingerprint density at radius 3 is 2.50 bits per heavy atom. The predicted octanol–water partition coefficient (Wildman–Crippen LogP) is 3.14. The second-order valence-corrected chi connectivity index (χ2v) is 6.43. The molecule has 0 aromatic heterocycles. The molecule has 0 radical (unpaired) electrons. The van der Waals surface area contributed by atoms with Gasteiger partial charge in [0.2, 0.25) is 0 Å². The average molecular weight is 330 g/mol. The number of methoxy groups -OCH3 is 1. The van der Waals surface area contributed by atoms with Crippen LogP contribution in [0.1, 0.15) is 37.8 Å². The standard InChI is InChI=1S/C17H28ClNO3/c1-11(2)15-7-16(18)12(3)6-17(15)22-10-14(20)8-19-13(4)9-21-5/h6-7,11,13-14,19-20H,8-10H2,1-5H3/t13-,14+/m1/s1. The van der Waals surface area contributed by atoms with Crippen LogP contribution in [0, 0.1) is 6.92 Å². The van der Waals surface area contributed by atoms with E-state index in [1.54, 1.807) is 7.11 Å². The normalized spacial score (nSPS) is 14.2. The number of ether oxygens (including phenoxy) is 2. The number of nitrogens with one attached hydrogen (secondary N) is 1. The summed E-state index contributed by atoms with van der Waals surface area (Å²) in [6.45, 7) is 9.47. The molecule has 1 aromatic carbocycles. The van der Waals surface area contributed by atoms with Crippen LogP contribution in [0.25, 0.3) is 0 Å². The SMILES string of the molecule is COC[C@@H](C)NC[C@H](O)COc1cc(C)c(Cl)cc1C(C)C. The molecule has 2 atom stereocenters. The Balaban J connectivity index is 2.58. The molecule has 1 aromatic rings. The number of aliphatic hydroxyl groups excluding tert-OH is 1. The van der Waals surface area contributed by atoms with Crippen LogP contribution in [0.15, 0.2) is 12.1 Å². The minimum absolute atomic E-state index is 0.198. The number of halogens is 1. The van der Waals surface area contributed by atoms with Gasteiger partial charge in [-0.2, -0.15) is 0 Å².